The standard InChI is InChI=1S/C16H19F3N2O6/c17-16(18,19)15(20-21-15)9-3-1-8(2-4-9)10(23)5-6-11(24)13(26)14(27)12(25)7-22/h1-4,11-14,22,24-27H,5-7H2/t11-,12-,13-,14-/m1/s1. The van der Waals surface area contributed by atoms with Gasteiger partial charge in [0.2, 0.25) is 0 Å². The molecule has 5 N–H and O–H groups in total. The van der Waals surface area contributed by atoms with Crippen molar-refractivity contribution in [2.45, 2.75) is 49.1 Å². The number of halogens is 3. The Labute approximate surface area is 151 Å². The molecule has 27 heavy (non-hydrogen) atoms. The number of rotatable bonds is 9. The van der Waals surface area contributed by atoms with Crippen LogP contribution < -0.4 is 0 Å². The molecule has 0 saturated carbocycles. The van der Waals surface area contributed by atoms with Crippen molar-refractivity contribution in [3.8, 4) is 0 Å². The Bertz CT molecular complexity index is 688. The van der Waals surface area contributed by atoms with E-state index in [-0.39, 0.29) is 24.0 Å². The molecule has 11 heteroatoms. The molecule has 0 fully saturated rings. The minimum Gasteiger partial charge on any atom is -0.394 e. The molecule has 0 spiro atoms. The fraction of sp³-hybridized carbons (Fsp3) is 0.562. The topological polar surface area (TPSA) is 143 Å². The van der Waals surface area contributed by atoms with Crippen LogP contribution in [0.4, 0.5) is 13.2 Å². The Kier molecular flexibility index (Phi) is 6.32. The van der Waals surface area contributed by atoms with Gasteiger partial charge in [0.1, 0.15) is 18.3 Å². The van der Waals surface area contributed by atoms with Crippen LogP contribution in [0.15, 0.2) is 34.5 Å². The molecule has 1 aliphatic rings. The average Bonchev–Trinajstić information content (AvgIpc) is 3.46. The molecule has 1 aromatic carbocycles. The highest BCUT2D eigenvalue weighted by Crippen LogP contribution is 2.52. The van der Waals surface area contributed by atoms with Crippen molar-refractivity contribution in [2.24, 2.45) is 10.2 Å². The van der Waals surface area contributed by atoms with Crippen LogP contribution in [0.1, 0.15) is 28.8 Å². The zero-order valence-corrected chi connectivity index (χ0v) is 13.9. The van der Waals surface area contributed by atoms with E-state index in [2.05, 4.69) is 10.2 Å². The number of carbonyl (C=O) groups excluding carboxylic acids is 1. The van der Waals surface area contributed by atoms with Crippen LogP contribution >= 0.6 is 0 Å². The summed E-state index contributed by atoms with van der Waals surface area (Å²) < 4.78 is 38.7. The fourth-order valence-corrected chi connectivity index (χ4v) is 2.49. The quantitative estimate of drug-likeness (QED) is 0.382. The van der Waals surface area contributed by atoms with Crippen LogP contribution in [-0.2, 0) is 5.66 Å². The van der Waals surface area contributed by atoms with Gasteiger partial charge in [-0.2, -0.15) is 13.2 Å². The van der Waals surface area contributed by atoms with Crippen LogP contribution in [0.2, 0.25) is 0 Å². The molecule has 2 rings (SSSR count). The Morgan fingerprint density at radius 3 is 1.96 bits per heavy atom. The maximum Gasteiger partial charge on any atom is 0.442 e. The van der Waals surface area contributed by atoms with Gasteiger partial charge < -0.3 is 25.5 Å². The molecular formula is C16H19F3N2O6. The van der Waals surface area contributed by atoms with Gasteiger partial charge in [0.05, 0.1) is 12.7 Å². The predicted octanol–water partition coefficient (Wildman–Crippen LogP) is 0.266. The number of hydrogen-bond acceptors (Lipinski definition) is 8. The monoisotopic (exact) mass is 392 g/mol. The van der Waals surface area contributed by atoms with Crippen molar-refractivity contribution >= 4 is 5.78 Å². The molecule has 1 aliphatic heterocycles. The maximum atomic E-state index is 12.9. The van der Waals surface area contributed by atoms with Crippen LogP contribution in [0.5, 0.6) is 0 Å². The fourth-order valence-electron chi connectivity index (χ4n) is 2.49. The highest BCUT2D eigenvalue weighted by molar-refractivity contribution is 5.96. The molecule has 1 aromatic rings. The van der Waals surface area contributed by atoms with Gasteiger partial charge in [0.15, 0.2) is 5.78 Å². The molecule has 0 radical (unpaired) electrons. The summed E-state index contributed by atoms with van der Waals surface area (Å²) in [5.74, 6) is -0.504. The number of nitrogens with zero attached hydrogens (tertiary/aromatic N) is 2. The Balaban J connectivity index is 1.93. The van der Waals surface area contributed by atoms with Crippen LogP contribution in [0.25, 0.3) is 0 Å². The smallest absolute Gasteiger partial charge is 0.394 e. The van der Waals surface area contributed by atoms with E-state index < -0.39 is 48.6 Å². The van der Waals surface area contributed by atoms with E-state index in [4.69, 9.17) is 5.11 Å². The summed E-state index contributed by atoms with van der Waals surface area (Å²) in [4.78, 5) is 12.1. The summed E-state index contributed by atoms with van der Waals surface area (Å²) >= 11 is 0. The Morgan fingerprint density at radius 1 is 1.00 bits per heavy atom. The lowest BCUT2D eigenvalue weighted by Gasteiger charge is -2.25. The average molecular weight is 392 g/mol. The van der Waals surface area contributed by atoms with Crippen molar-refractivity contribution in [3.05, 3.63) is 35.4 Å². The first-order chi connectivity index (χ1) is 12.5. The van der Waals surface area contributed by atoms with E-state index in [1.54, 1.807) is 0 Å². The summed E-state index contributed by atoms with van der Waals surface area (Å²) in [6.07, 6.45) is -12.0. The highest BCUT2D eigenvalue weighted by atomic mass is 19.4. The Morgan fingerprint density at radius 2 is 1.52 bits per heavy atom. The summed E-state index contributed by atoms with van der Waals surface area (Å²) in [6.45, 7) is -0.825. The number of ketones is 1. The number of aliphatic hydroxyl groups excluding tert-OH is 5. The predicted molar refractivity (Wildman–Crippen MR) is 83.7 cm³/mol. The van der Waals surface area contributed by atoms with E-state index >= 15 is 0 Å². The van der Waals surface area contributed by atoms with Gasteiger partial charge in [-0.05, 0) is 6.42 Å². The van der Waals surface area contributed by atoms with Gasteiger partial charge in [-0.1, -0.05) is 24.3 Å². The van der Waals surface area contributed by atoms with E-state index in [0.29, 0.717) is 0 Å². The first kappa shape index (κ1) is 21.4. The number of aliphatic hydroxyl groups is 5. The van der Waals surface area contributed by atoms with Crippen LogP contribution in [0.3, 0.4) is 0 Å². The van der Waals surface area contributed by atoms with Crippen molar-refractivity contribution in [1.29, 1.82) is 0 Å². The molecule has 1 heterocycles. The first-order valence-corrected chi connectivity index (χ1v) is 8.01. The minimum atomic E-state index is -4.67. The lowest BCUT2D eigenvalue weighted by Crippen LogP contribution is -2.45. The van der Waals surface area contributed by atoms with Gasteiger partial charge in [0, 0.05) is 17.5 Å². The number of hydrogen-bond donors (Lipinski definition) is 5. The minimum absolute atomic E-state index is 0.0920. The molecule has 0 aromatic heterocycles. The number of benzene rings is 1. The van der Waals surface area contributed by atoms with Crippen molar-refractivity contribution < 1.29 is 43.5 Å². The molecule has 8 nitrogen and oxygen atoms in total. The second kappa shape index (κ2) is 7.98. The molecule has 0 aliphatic carbocycles. The van der Waals surface area contributed by atoms with Crippen molar-refractivity contribution in [3.63, 3.8) is 0 Å². The molecule has 4 atom stereocenters. The van der Waals surface area contributed by atoms with Gasteiger partial charge in [-0.3, -0.25) is 4.79 Å². The zero-order valence-electron chi connectivity index (χ0n) is 13.9. The molecule has 0 unspecified atom stereocenters. The second-order valence-corrected chi connectivity index (χ2v) is 6.21. The van der Waals surface area contributed by atoms with Crippen molar-refractivity contribution in [2.75, 3.05) is 6.61 Å². The van der Waals surface area contributed by atoms with E-state index in [1.807, 2.05) is 0 Å². The van der Waals surface area contributed by atoms with E-state index in [9.17, 15) is 38.4 Å². The second-order valence-electron chi connectivity index (χ2n) is 6.21. The molecule has 0 saturated heterocycles. The summed E-state index contributed by atoms with van der Waals surface area (Å²) in [7, 11) is 0. The molecule has 0 amide bonds. The molecular weight excluding hydrogens is 373 g/mol. The number of Topliss-reactive ketones (excluding diaryl/α,β-unsaturated/α-hetero) is 1. The van der Waals surface area contributed by atoms with Gasteiger partial charge in [-0.25, -0.2) is 0 Å². The summed E-state index contributed by atoms with van der Waals surface area (Å²) in [5.41, 5.74) is -2.70. The number of alkyl halides is 3. The molecule has 0 bridgehead atoms. The van der Waals surface area contributed by atoms with Gasteiger partial charge in [-0.15, -0.1) is 10.2 Å². The largest absolute Gasteiger partial charge is 0.442 e. The zero-order chi connectivity index (χ0) is 20.4. The Hall–Kier alpha value is -1.92. The van der Waals surface area contributed by atoms with Crippen LogP contribution in [-0.4, -0.2) is 68.5 Å². The third kappa shape index (κ3) is 4.50. The first-order valence-electron chi connectivity index (χ1n) is 8.01. The van der Waals surface area contributed by atoms with E-state index in [1.165, 1.54) is 12.1 Å². The third-order valence-electron chi connectivity index (χ3n) is 4.30. The third-order valence-corrected chi connectivity index (χ3v) is 4.30. The normalized spacial score (nSPS) is 20.0. The number of carbonyl (C=O) groups is 1. The SMILES string of the molecule is O=C(CC[C@@H](O)[C@@H](O)[C@H](O)[C@H](O)CO)c1ccc(C2(C(F)(F)F)N=N2)cc1. The molecule has 150 valence electrons. The lowest BCUT2D eigenvalue weighted by atomic mass is 9.96. The maximum absolute atomic E-state index is 12.9. The summed E-state index contributed by atoms with van der Waals surface area (Å²) in [6, 6.07) is 4.55. The van der Waals surface area contributed by atoms with Crippen LogP contribution in [0, 0.1) is 0 Å². The summed E-state index contributed by atoms with van der Waals surface area (Å²) in [5, 5.41) is 53.0. The van der Waals surface area contributed by atoms with Crippen molar-refractivity contribution in [1.82, 2.24) is 0 Å². The highest BCUT2D eigenvalue weighted by Gasteiger charge is 2.65. The van der Waals surface area contributed by atoms with Gasteiger partial charge in [0.25, 0.3) is 0 Å². The lowest BCUT2D eigenvalue weighted by molar-refractivity contribution is -0.166. The van der Waals surface area contributed by atoms with E-state index in [0.717, 1.165) is 12.1 Å². The van der Waals surface area contributed by atoms with Gasteiger partial charge >= 0.3 is 11.8 Å².